The molecule has 4 atom stereocenters. The van der Waals surface area contributed by atoms with Gasteiger partial charge in [-0.1, -0.05) is 0 Å². The quantitative estimate of drug-likeness (QED) is 0.489. The zero-order valence-corrected chi connectivity index (χ0v) is 9.76. The van der Waals surface area contributed by atoms with E-state index in [4.69, 9.17) is 20.8 Å². The molecule has 9 heteroatoms. The Labute approximate surface area is 107 Å². The van der Waals surface area contributed by atoms with Gasteiger partial charge in [-0.25, -0.2) is 9.98 Å². The molecule has 3 heterocycles. The number of nitrogens with zero attached hydrogens (tertiary/aromatic N) is 4. The number of nitrogens with two attached hydrogens (primary N) is 1. The molecule has 0 aliphatic carbocycles. The highest BCUT2D eigenvalue weighted by molar-refractivity contribution is 5.74. The Balaban J connectivity index is 2.05. The first kappa shape index (κ1) is 11.8. The molecule has 100 valence electrons. The summed E-state index contributed by atoms with van der Waals surface area (Å²) in [5, 5.41) is 30.9. The number of aromatic nitrogens is 2. The molecular weight excluding hydrogens is 252 g/mol. The first-order valence-corrected chi connectivity index (χ1v) is 5.68. The monoisotopic (exact) mass is 264 g/mol. The van der Waals surface area contributed by atoms with Crippen LogP contribution in [0.1, 0.15) is 11.9 Å². The molecule has 1 aromatic heterocycles. The summed E-state index contributed by atoms with van der Waals surface area (Å²) in [5.41, 5.74) is 5.74. The summed E-state index contributed by atoms with van der Waals surface area (Å²) in [6.07, 6.45) is -0.665. The van der Waals surface area contributed by atoms with Gasteiger partial charge in [-0.3, -0.25) is 4.57 Å². The first-order valence-electron chi connectivity index (χ1n) is 5.68. The van der Waals surface area contributed by atoms with Gasteiger partial charge in [-0.15, -0.1) is 0 Å². The van der Waals surface area contributed by atoms with Crippen LogP contribution in [0.2, 0.25) is 0 Å². The molecule has 5 N–H and O–H groups in total. The maximum absolute atomic E-state index is 9.85. The number of rotatable bonds is 2. The van der Waals surface area contributed by atoms with Crippen molar-refractivity contribution in [1.82, 2.24) is 9.55 Å². The Hall–Kier alpha value is -2.31. The standard InChI is InChI=1S/C10H12N6O3/c11-1-4-8-14-6(5(18)2-17)7-9(15-10(12)19-7)16(8)3-13-4/h3,5-7,9,14,17-18H,2H2,(H2,12,15)/t5-,6+,7+,9+/m0/s1. The van der Waals surface area contributed by atoms with E-state index >= 15 is 0 Å². The van der Waals surface area contributed by atoms with Gasteiger partial charge in [0.1, 0.15) is 18.0 Å². The predicted molar refractivity (Wildman–Crippen MR) is 63.0 cm³/mol. The maximum atomic E-state index is 9.85. The molecule has 19 heavy (non-hydrogen) atoms. The zero-order chi connectivity index (χ0) is 13.6. The molecular formula is C10H12N6O3. The summed E-state index contributed by atoms with van der Waals surface area (Å²) >= 11 is 0. The van der Waals surface area contributed by atoms with E-state index in [1.807, 2.05) is 6.07 Å². The second-order valence-corrected chi connectivity index (χ2v) is 4.34. The van der Waals surface area contributed by atoms with Crippen LogP contribution in [0, 0.1) is 11.3 Å². The van der Waals surface area contributed by atoms with Crippen molar-refractivity contribution in [3.05, 3.63) is 12.0 Å². The molecule has 9 nitrogen and oxygen atoms in total. The SMILES string of the molecule is N#Cc1ncn2c1N[C@H]([C@@H](O)CO)[C@H]1OC(N)=N[C@@H]12. The van der Waals surface area contributed by atoms with Crippen molar-refractivity contribution in [2.45, 2.75) is 24.4 Å². The molecule has 0 fully saturated rings. The third-order valence-corrected chi connectivity index (χ3v) is 3.25. The first-order chi connectivity index (χ1) is 9.15. The fraction of sp³-hybridized carbons (Fsp3) is 0.500. The van der Waals surface area contributed by atoms with Crippen molar-refractivity contribution in [2.75, 3.05) is 11.9 Å². The van der Waals surface area contributed by atoms with Crippen molar-refractivity contribution in [2.24, 2.45) is 10.7 Å². The molecule has 2 aliphatic heterocycles. The van der Waals surface area contributed by atoms with Crippen LogP contribution in [0.25, 0.3) is 0 Å². The van der Waals surface area contributed by atoms with Crippen molar-refractivity contribution in [1.29, 1.82) is 5.26 Å². The van der Waals surface area contributed by atoms with Crippen molar-refractivity contribution >= 4 is 11.8 Å². The number of aliphatic hydroxyl groups excluding tert-OH is 2. The third kappa shape index (κ3) is 1.61. The minimum atomic E-state index is -1.07. The Bertz CT molecular complexity index is 576. The fourth-order valence-corrected chi connectivity index (χ4v) is 2.37. The number of anilines is 1. The molecule has 0 saturated carbocycles. The van der Waals surface area contributed by atoms with Crippen LogP contribution in [0.5, 0.6) is 0 Å². The Morgan fingerprint density at radius 3 is 3.16 bits per heavy atom. The lowest BCUT2D eigenvalue weighted by molar-refractivity contribution is 0.0208. The molecule has 0 radical (unpaired) electrons. The van der Waals surface area contributed by atoms with Crippen molar-refractivity contribution in [3.8, 4) is 6.07 Å². The van der Waals surface area contributed by atoms with Gasteiger partial charge < -0.3 is 26.0 Å². The lowest BCUT2D eigenvalue weighted by Gasteiger charge is -2.36. The molecule has 1 aromatic rings. The van der Waals surface area contributed by atoms with Crippen molar-refractivity contribution < 1.29 is 14.9 Å². The number of aliphatic hydroxyl groups is 2. The number of imidazole rings is 1. The number of nitrogens with one attached hydrogen (secondary N) is 1. The van der Waals surface area contributed by atoms with E-state index in [-0.39, 0.29) is 11.7 Å². The van der Waals surface area contributed by atoms with E-state index in [0.717, 1.165) is 0 Å². The Kier molecular flexibility index (Phi) is 2.55. The lowest BCUT2D eigenvalue weighted by Crippen LogP contribution is -2.52. The van der Waals surface area contributed by atoms with Crippen LogP contribution < -0.4 is 11.1 Å². The summed E-state index contributed by atoms with van der Waals surface area (Å²) in [7, 11) is 0. The van der Waals surface area contributed by atoms with Crippen LogP contribution in [0.4, 0.5) is 5.82 Å². The number of hydrogen-bond acceptors (Lipinski definition) is 8. The van der Waals surface area contributed by atoms with E-state index in [1.165, 1.54) is 6.33 Å². The highest BCUT2D eigenvalue weighted by Gasteiger charge is 2.46. The number of fused-ring (bicyclic) bond motifs is 3. The summed E-state index contributed by atoms with van der Waals surface area (Å²) in [6.45, 7) is -0.444. The summed E-state index contributed by atoms with van der Waals surface area (Å²) in [6, 6.07) is 1.32. The fourth-order valence-electron chi connectivity index (χ4n) is 2.37. The summed E-state index contributed by atoms with van der Waals surface area (Å²) in [5.74, 6) is 0.434. The van der Waals surface area contributed by atoms with E-state index in [1.54, 1.807) is 4.57 Å². The van der Waals surface area contributed by atoms with Gasteiger partial charge in [0, 0.05) is 0 Å². The number of ether oxygens (including phenoxy) is 1. The van der Waals surface area contributed by atoms with Crippen LogP contribution in [-0.4, -0.2) is 50.6 Å². The lowest BCUT2D eigenvalue weighted by atomic mass is 10.0. The number of aliphatic imine (C=N–C) groups is 1. The highest BCUT2D eigenvalue weighted by Crippen LogP contribution is 2.36. The van der Waals surface area contributed by atoms with Gasteiger partial charge in [0.05, 0.1) is 19.0 Å². The Morgan fingerprint density at radius 2 is 2.47 bits per heavy atom. The molecule has 0 saturated heterocycles. The smallest absolute Gasteiger partial charge is 0.284 e. The molecule has 0 spiro atoms. The minimum absolute atomic E-state index is 0.00648. The summed E-state index contributed by atoms with van der Waals surface area (Å²) in [4.78, 5) is 8.07. The van der Waals surface area contributed by atoms with Gasteiger partial charge in [0.2, 0.25) is 0 Å². The average molecular weight is 264 g/mol. The van der Waals surface area contributed by atoms with E-state index in [2.05, 4.69) is 15.3 Å². The average Bonchev–Trinajstić information content (AvgIpc) is 2.98. The molecule has 3 rings (SSSR count). The zero-order valence-electron chi connectivity index (χ0n) is 9.76. The molecule has 0 amide bonds. The van der Waals surface area contributed by atoms with Crippen LogP contribution in [-0.2, 0) is 4.74 Å². The maximum Gasteiger partial charge on any atom is 0.284 e. The van der Waals surface area contributed by atoms with Crippen molar-refractivity contribution in [3.63, 3.8) is 0 Å². The van der Waals surface area contributed by atoms with Gasteiger partial charge in [0.15, 0.2) is 18.0 Å². The largest absolute Gasteiger partial charge is 0.455 e. The van der Waals surface area contributed by atoms with Gasteiger partial charge in [-0.05, 0) is 0 Å². The van der Waals surface area contributed by atoms with Gasteiger partial charge in [-0.2, -0.15) is 5.26 Å². The number of nitriles is 1. The number of amidine groups is 1. The minimum Gasteiger partial charge on any atom is -0.455 e. The second kappa shape index (κ2) is 4.11. The number of hydrogen-bond donors (Lipinski definition) is 4. The highest BCUT2D eigenvalue weighted by atomic mass is 16.5. The topological polar surface area (TPSA) is 142 Å². The Morgan fingerprint density at radius 1 is 1.68 bits per heavy atom. The predicted octanol–water partition coefficient (Wildman–Crippen LogP) is -1.89. The van der Waals surface area contributed by atoms with Crippen LogP contribution >= 0.6 is 0 Å². The normalized spacial score (nSPS) is 29.3. The molecule has 0 bridgehead atoms. The third-order valence-electron chi connectivity index (χ3n) is 3.25. The molecule has 2 aliphatic rings. The molecule has 0 aromatic carbocycles. The molecule has 0 unspecified atom stereocenters. The van der Waals surface area contributed by atoms with Crippen LogP contribution in [0.3, 0.4) is 0 Å². The van der Waals surface area contributed by atoms with E-state index < -0.39 is 31.0 Å². The van der Waals surface area contributed by atoms with Gasteiger partial charge in [0.25, 0.3) is 6.02 Å². The second-order valence-electron chi connectivity index (χ2n) is 4.34. The van der Waals surface area contributed by atoms with Gasteiger partial charge >= 0.3 is 0 Å². The van der Waals surface area contributed by atoms with E-state index in [9.17, 15) is 5.11 Å². The summed E-state index contributed by atoms with van der Waals surface area (Å²) < 4.78 is 6.99. The van der Waals surface area contributed by atoms with Crippen LogP contribution in [0.15, 0.2) is 11.3 Å². The van der Waals surface area contributed by atoms with E-state index in [0.29, 0.717) is 5.82 Å².